The Morgan fingerprint density at radius 1 is 1.22 bits per heavy atom. The number of ether oxygens (including phenoxy) is 1. The molecule has 3 rings (SSSR count). The van der Waals surface area contributed by atoms with Crippen molar-refractivity contribution in [2.45, 2.75) is 25.2 Å². The minimum atomic E-state index is -4.38. The summed E-state index contributed by atoms with van der Waals surface area (Å²) in [5.41, 5.74) is 2.85. The van der Waals surface area contributed by atoms with Crippen LogP contribution in [0.3, 0.4) is 0 Å². The number of nitrogens with one attached hydrogen (secondary N) is 1. The van der Waals surface area contributed by atoms with E-state index < -0.39 is 18.6 Å². The molecule has 0 saturated carbocycles. The van der Waals surface area contributed by atoms with Gasteiger partial charge in [0.1, 0.15) is 12.3 Å². The summed E-state index contributed by atoms with van der Waals surface area (Å²) in [6, 6.07) is 9.21. The summed E-state index contributed by atoms with van der Waals surface area (Å²) in [4.78, 5) is 16.6. The van der Waals surface area contributed by atoms with E-state index in [2.05, 4.69) is 10.3 Å². The molecule has 1 aliphatic heterocycles. The molecule has 2 aromatic rings. The van der Waals surface area contributed by atoms with Crippen molar-refractivity contribution in [3.63, 3.8) is 0 Å². The highest BCUT2D eigenvalue weighted by atomic mass is 19.4. The van der Waals surface area contributed by atoms with Gasteiger partial charge in [-0.3, -0.25) is 9.78 Å². The Hall–Kier alpha value is -2.61. The molecule has 0 spiro atoms. The maximum Gasteiger partial charge on any atom is 0.406 e. The number of hydrogen-bond donors (Lipinski definition) is 1. The van der Waals surface area contributed by atoms with Crippen LogP contribution in [-0.4, -0.2) is 48.2 Å². The number of likely N-dealkylation sites (tertiary alicyclic amines) is 1. The molecule has 1 unspecified atom stereocenters. The summed E-state index contributed by atoms with van der Waals surface area (Å²) < 4.78 is 43.0. The normalized spacial score (nSPS) is 17.4. The second-order valence-electron chi connectivity index (χ2n) is 6.43. The van der Waals surface area contributed by atoms with E-state index in [1.54, 1.807) is 19.5 Å². The van der Waals surface area contributed by atoms with E-state index in [0.717, 1.165) is 21.6 Å². The molecule has 1 aliphatic rings. The molecule has 0 aliphatic carbocycles. The Morgan fingerprint density at radius 2 is 1.96 bits per heavy atom. The van der Waals surface area contributed by atoms with Gasteiger partial charge in [-0.25, -0.2) is 0 Å². The topological polar surface area (TPSA) is 54.5 Å². The van der Waals surface area contributed by atoms with Crippen LogP contribution in [0.4, 0.5) is 13.2 Å². The highest BCUT2D eigenvalue weighted by Gasteiger charge is 2.38. The number of halogens is 3. The van der Waals surface area contributed by atoms with Crippen molar-refractivity contribution >= 4 is 5.91 Å². The molecule has 1 aromatic heterocycles. The Morgan fingerprint density at radius 3 is 2.63 bits per heavy atom. The molecule has 27 heavy (non-hydrogen) atoms. The molecule has 1 aromatic carbocycles. The summed E-state index contributed by atoms with van der Waals surface area (Å²) in [7, 11) is 1.56. The molecule has 1 amide bonds. The molecule has 0 bridgehead atoms. The lowest BCUT2D eigenvalue weighted by molar-refractivity contribution is -0.157. The minimum absolute atomic E-state index is 0.0463. The molecule has 1 N–H and O–H groups in total. The molecule has 8 heteroatoms. The number of amides is 1. The van der Waals surface area contributed by atoms with Gasteiger partial charge in [-0.2, -0.15) is 13.2 Å². The summed E-state index contributed by atoms with van der Waals surface area (Å²) in [6.07, 6.45) is -0.914. The zero-order valence-electron chi connectivity index (χ0n) is 14.8. The quantitative estimate of drug-likeness (QED) is 0.838. The van der Waals surface area contributed by atoms with Crippen molar-refractivity contribution in [3.05, 3.63) is 48.3 Å². The number of benzene rings is 1. The first-order valence-electron chi connectivity index (χ1n) is 8.51. The van der Waals surface area contributed by atoms with Gasteiger partial charge in [-0.05, 0) is 35.4 Å². The molecular formula is C19H20F3N3O2. The van der Waals surface area contributed by atoms with E-state index in [9.17, 15) is 18.0 Å². The van der Waals surface area contributed by atoms with Gasteiger partial charge in [0.05, 0.1) is 7.11 Å². The van der Waals surface area contributed by atoms with Gasteiger partial charge >= 0.3 is 6.18 Å². The van der Waals surface area contributed by atoms with Gasteiger partial charge in [0.25, 0.3) is 0 Å². The molecule has 0 radical (unpaired) electrons. The number of pyridine rings is 1. The maximum absolute atomic E-state index is 12.5. The molecule has 1 fully saturated rings. The van der Waals surface area contributed by atoms with Crippen LogP contribution >= 0.6 is 0 Å². The molecule has 1 atom stereocenters. The lowest BCUT2D eigenvalue weighted by Gasteiger charge is -2.19. The maximum atomic E-state index is 12.5. The number of carbonyl (C=O) groups excluding carboxylic acids is 1. The Bertz CT molecular complexity index is 797. The molecule has 2 heterocycles. The first-order valence-corrected chi connectivity index (χ1v) is 8.51. The number of alkyl halides is 3. The van der Waals surface area contributed by atoms with Gasteiger partial charge in [-0.1, -0.05) is 6.07 Å². The summed E-state index contributed by atoms with van der Waals surface area (Å²) in [5.74, 6) is 0.194. The second kappa shape index (κ2) is 7.96. The number of nitrogens with zero attached hydrogens (tertiary/aromatic N) is 2. The Balaban J connectivity index is 1.68. The third-order valence-corrected chi connectivity index (χ3v) is 4.46. The zero-order chi connectivity index (χ0) is 19.4. The van der Waals surface area contributed by atoms with Gasteiger partial charge in [-0.15, -0.1) is 0 Å². The minimum Gasteiger partial charge on any atom is -0.496 e. The average molecular weight is 379 g/mol. The standard InChI is InChI=1S/C19H20F3N3O2/c1-27-17-3-2-14(13-4-6-23-7-5-13)8-15(17)10-24-16-9-18(26)25(11-16)12-19(20,21)22/h2-8,16,24H,9-12H2,1H3. The fraction of sp³-hybridized carbons (Fsp3) is 0.368. The second-order valence-corrected chi connectivity index (χ2v) is 6.43. The molecular weight excluding hydrogens is 359 g/mol. The van der Waals surface area contributed by atoms with Gasteiger partial charge < -0.3 is 15.0 Å². The number of hydrogen-bond acceptors (Lipinski definition) is 4. The van der Waals surface area contributed by atoms with Crippen molar-refractivity contribution in [1.82, 2.24) is 15.2 Å². The number of rotatable bonds is 6. The van der Waals surface area contributed by atoms with Gasteiger partial charge in [0.2, 0.25) is 5.91 Å². The average Bonchev–Trinajstić information content (AvgIpc) is 2.98. The molecule has 144 valence electrons. The summed E-state index contributed by atoms with van der Waals surface area (Å²) in [5, 5.41) is 3.18. The van der Waals surface area contributed by atoms with Gasteiger partial charge in [0, 0.05) is 43.5 Å². The van der Waals surface area contributed by atoms with E-state index in [1.165, 1.54) is 0 Å². The van der Waals surface area contributed by atoms with E-state index >= 15 is 0 Å². The van der Waals surface area contributed by atoms with Crippen LogP contribution in [-0.2, 0) is 11.3 Å². The van der Waals surface area contributed by atoms with E-state index in [1.807, 2.05) is 30.3 Å². The van der Waals surface area contributed by atoms with Crippen molar-refractivity contribution in [2.75, 3.05) is 20.2 Å². The van der Waals surface area contributed by atoms with Crippen LogP contribution in [0.5, 0.6) is 5.75 Å². The SMILES string of the molecule is COc1ccc(-c2ccncc2)cc1CNC1CC(=O)N(CC(F)(F)F)C1. The highest BCUT2D eigenvalue weighted by Crippen LogP contribution is 2.27. The lowest BCUT2D eigenvalue weighted by Crippen LogP contribution is -2.37. The molecule has 5 nitrogen and oxygen atoms in total. The summed E-state index contributed by atoms with van der Waals surface area (Å²) in [6.45, 7) is -0.768. The van der Waals surface area contributed by atoms with Crippen LogP contribution < -0.4 is 10.1 Å². The smallest absolute Gasteiger partial charge is 0.406 e. The third kappa shape index (κ3) is 4.97. The number of aromatic nitrogens is 1. The third-order valence-electron chi connectivity index (χ3n) is 4.46. The van der Waals surface area contributed by atoms with Crippen molar-refractivity contribution in [2.24, 2.45) is 0 Å². The summed E-state index contributed by atoms with van der Waals surface area (Å²) >= 11 is 0. The Labute approximate surface area is 155 Å². The van der Waals surface area contributed by atoms with Crippen LogP contribution in [0.2, 0.25) is 0 Å². The predicted octanol–water partition coefficient (Wildman–Crippen LogP) is 3.01. The monoisotopic (exact) mass is 379 g/mol. The Kier molecular flexibility index (Phi) is 5.65. The van der Waals surface area contributed by atoms with Gasteiger partial charge in [0.15, 0.2) is 0 Å². The first kappa shape index (κ1) is 19.2. The van der Waals surface area contributed by atoms with E-state index in [0.29, 0.717) is 12.3 Å². The van der Waals surface area contributed by atoms with Crippen molar-refractivity contribution in [1.29, 1.82) is 0 Å². The van der Waals surface area contributed by atoms with Crippen molar-refractivity contribution in [3.8, 4) is 16.9 Å². The fourth-order valence-electron chi connectivity index (χ4n) is 3.17. The fourth-order valence-corrected chi connectivity index (χ4v) is 3.17. The zero-order valence-corrected chi connectivity index (χ0v) is 14.8. The van der Waals surface area contributed by atoms with Crippen LogP contribution in [0.1, 0.15) is 12.0 Å². The first-order chi connectivity index (χ1) is 12.9. The largest absolute Gasteiger partial charge is 0.496 e. The number of carbonyl (C=O) groups is 1. The molecule has 1 saturated heterocycles. The predicted molar refractivity (Wildman–Crippen MR) is 94.1 cm³/mol. The van der Waals surface area contributed by atoms with E-state index in [-0.39, 0.29) is 19.0 Å². The number of methoxy groups -OCH3 is 1. The lowest BCUT2D eigenvalue weighted by atomic mass is 10.0. The van der Waals surface area contributed by atoms with E-state index in [4.69, 9.17) is 4.74 Å². The highest BCUT2D eigenvalue weighted by molar-refractivity contribution is 5.79. The van der Waals surface area contributed by atoms with Crippen molar-refractivity contribution < 1.29 is 22.7 Å². The van der Waals surface area contributed by atoms with Crippen LogP contribution in [0.15, 0.2) is 42.7 Å². The van der Waals surface area contributed by atoms with Crippen LogP contribution in [0, 0.1) is 0 Å². The van der Waals surface area contributed by atoms with Crippen LogP contribution in [0.25, 0.3) is 11.1 Å².